The van der Waals surface area contributed by atoms with Crippen molar-refractivity contribution < 1.29 is 9.66 Å². The van der Waals surface area contributed by atoms with Crippen LogP contribution in [-0.2, 0) is 0 Å². The van der Waals surface area contributed by atoms with Crippen LogP contribution in [0, 0.1) is 16.0 Å². The second kappa shape index (κ2) is 4.25. The van der Waals surface area contributed by atoms with Crippen LogP contribution in [0.1, 0.15) is 19.3 Å². The molecule has 2 rings (SSSR count). The summed E-state index contributed by atoms with van der Waals surface area (Å²) in [5, 5.41) is 10.3. The van der Waals surface area contributed by atoms with Gasteiger partial charge in [-0.2, -0.15) is 0 Å². The van der Waals surface area contributed by atoms with Crippen LogP contribution >= 0.6 is 0 Å². The van der Waals surface area contributed by atoms with Crippen LogP contribution in [0.2, 0.25) is 0 Å². The van der Waals surface area contributed by atoms with Gasteiger partial charge in [0.1, 0.15) is 0 Å². The number of ether oxygens (including phenoxy) is 1. The molecule has 0 saturated heterocycles. The molecule has 1 aromatic heterocycles. The molecule has 15 heavy (non-hydrogen) atoms. The molecule has 0 atom stereocenters. The molecule has 0 radical (unpaired) electrons. The molecule has 0 bridgehead atoms. The third-order valence-electron chi connectivity index (χ3n) is 2.40. The zero-order valence-electron chi connectivity index (χ0n) is 8.26. The van der Waals surface area contributed by atoms with Crippen molar-refractivity contribution in [1.82, 2.24) is 4.98 Å². The van der Waals surface area contributed by atoms with E-state index < -0.39 is 4.92 Å². The van der Waals surface area contributed by atoms with Crippen molar-refractivity contribution in [2.24, 2.45) is 5.92 Å². The minimum absolute atomic E-state index is 0.149. The average molecular weight is 208 g/mol. The molecule has 5 nitrogen and oxygen atoms in total. The first-order chi connectivity index (χ1) is 7.25. The highest BCUT2D eigenvalue weighted by molar-refractivity contribution is 5.26. The topological polar surface area (TPSA) is 65.3 Å². The van der Waals surface area contributed by atoms with E-state index in [1.54, 1.807) is 6.07 Å². The highest BCUT2D eigenvalue weighted by Crippen LogP contribution is 2.32. The number of hydrogen-bond donors (Lipinski definition) is 0. The predicted molar refractivity (Wildman–Crippen MR) is 53.7 cm³/mol. The number of pyridine rings is 1. The Morgan fingerprint density at radius 2 is 2.33 bits per heavy atom. The first-order valence-electron chi connectivity index (χ1n) is 4.99. The summed E-state index contributed by atoms with van der Waals surface area (Å²) in [4.78, 5) is 13.5. The van der Waals surface area contributed by atoms with Crippen LogP contribution in [0.4, 0.5) is 5.82 Å². The lowest BCUT2D eigenvalue weighted by molar-refractivity contribution is -0.389. The minimum atomic E-state index is -0.520. The Morgan fingerprint density at radius 3 is 2.87 bits per heavy atom. The predicted octanol–water partition coefficient (Wildman–Crippen LogP) is 2.17. The maximum atomic E-state index is 10.3. The van der Waals surface area contributed by atoms with Crippen molar-refractivity contribution in [2.75, 3.05) is 6.61 Å². The van der Waals surface area contributed by atoms with E-state index in [9.17, 15) is 10.1 Å². The van der Waals surface area contributed by atoms with E-state index in [0.717, 1.165) is 12.3 Å². The second-order valence-corrected chi connectivity index (χ2v) is 3.69. The molecule has 0 aromatic carbocycles. The van der Waals surface area contributed by atoms with E-state index in [2.05, 4.69) is 4.98 Å². The Labute approximate surface area is 87.2 Å². The third-order valence-corrected chi connectivity index (χ3v) is 2.40. The number of nitro groups is 1. The maximum Gasteiger partial charge on any atom is 0.363 e. The highest BCUT2D eigenvalue weighted by atomic mass is 16.6. The fourth-order valence-electron chi connectivity index (χ4n) is 1.32. The van der Waals surface area contributed by atoms with Crippen LogP contribution in [0.25, 0.3) is 0 Å². The van der Waals surface area contributed by atoms with E-state index in [0.29, 0.717) is 12.4 Å². The molecule has 5 heteroatoms. The van der Waals surface area contributed by atoms with E-state index in [1.165, 1.54) is 25.1 Å². The lowest BCUT2D eigenvalue weighted by atomic mass is 10.3. The number of hydrogen-bond acceptors (Lipinski definition) is 4. The summed E-state index contributed by atoms with van der Waals surface area (Å²) in [5.74, 6) is 1.28. The zero-order valence-corrected chi connectivity index (χ0v) is 8.26. The number of aromatic nitrogens is 1. The summed E-state index contributed by atoms with van der Waals surface area (Å²) < 4.78 is 5.41. The lowest BCUT2D eigenvalue weighted by Crippen LogP contribution is -1.99. The van der Waals surface area contributed by atoms with Gasteiger partial charge in [0.15, 0.2) is 11.9 Å². The smallest absolute Gasteiger partial charge is 0.363 e. The van der Waals surface area contributed by atoms with Gasteiger partial charge < -0.3 is 14.9 Å². The normalized spacial score (nSPS) is 14.9. The first kappa shape index (κ1) is 9.89. The maximum absolute atomic E-state index is 10.3. The van der Waals surface area contributed by atoms with E-state index in [-0.39, 0.29) is 5.82 Å². The van der Waals surface area contributed by atoms with Gasteiger partial charge in [-0.05, 0) is 28.3 Å². The van der Waals surface area contributed by atoms with Gasteiger partial charge in [0.05, 0.1) is 6.61 Å². The molecule has 1 aliphatic rings. The molecule has 0 aliphatic heterocycles. The first-order valence-corrected chi connectivity index (χ1v) is 4.99. The van der Waals surface area contributed by atoms with Gasteiger partial charge >= 0.3 is 5.82 Å². The molecular weight excluding hydrogens is 196 g/mol. The summed E-state index contributed by atoms with van der Waals surface area (Å²) in [7, 11) is 0. The highest BCUT2D eigenvalue weighted by Gasteiger charge is 2.20. The van der Waals surface area contributed by atoms with Crippen LogP contribution in [0.3, 0.4) is 0 Å². The van der Waals surface area contributed by atoms with Gasteiger partial charge in [0.25, 0.3) is 0 Å². The fourth-order valence-corrected chi connectivity index (χ4v) is 1.32. The Bertz CT molecular complexity index is 346. The summed E-state index contributed by atoms with van der Waals surface area (Å²) in [6, 6.07) is 2.94. The molecule has 0 unspecified atom stereocenters. The van der Waals surface area contributed by atoms with Gasteiger partial charge in [-0.3, -0.25) is 0 Å². The Kier molecular flexibility index (Phi) is 2.80. The van der Waals surface area contributed by atoms with Crippen molar-refractivity contribution >= 4 is 5.82 Å². The fraction of sp³-hybridized carbons (Fsp3) is 0.500. The molecule has 80 valence electrons. The molecule has 1 fully saturated rings. The molecule has 1 saturated carbocycles. The van der Waals surface area contributed by atoms with Gasteiger partial charge in [0.2, 0.25) is 0 Å². The standard InChI is InChI=1S/C10H12N2O3/c13-12(14)10-4-3-9(7-11-10)15-6-5-8-1-2-8/h3-4,7-8H,1-2,5-6H2. The van der Waals surface area contributed by atoms with Crippen LogP contribution < -0.4 is 4.74 Å². The van der Waals surface area contributed by atoms with E-state index in [4.69, 9.17) is 4.74 Å². The third kappa shape index (κ3) is 2.90. The minimum Gasteiger partial charge on any atom is -0.490 e. The lowest BCUT2D eigenvalue weighted by Gasteiger charge is -2.02. The Balaban J connectivity index is 1.83. The van der Waals surface area contributed by atoms with Gasteiger partial charge in [-0.1, -0.05) is 12.8 Å². The molecule has 1 aliphatic carbocycles. The summed E-state index contributed by atoms with van der Waals surface area (Å²) in [5.41, 5.74) is 0. The molecule has 1 aromatic rings. The van der Waals surface area contributed by atoms with Crippen molar-refractivity contribution in [1.29, 1.82) is 0 Å². The van der Waals surface area contributed by atoms with Gasteiger partial charge in [-0.15, -0.1) is 0 Å². The average Bonchev–Trinajstić information content (AvgIpc) is 3.02. The van der Waals surface area contributed by atoms with Crippen LogP contribution in [0.15, 0.2) is 18.3 Å². The van der Waals surface area contributed by atoms with Gasteiger partial charge in [0, 0.05) is 6.07 Å². The Hall–Kier alpha value is -1.65. The SMILES string of the molecule is O=[N+]([O-])c1ccc(OCCC2CC2)cn1. The number of rotatable bonds is 5. The van der Waals surface area contributed by atoms with E-state index in [1.807, 2.05) is 0 Å². The van der Waals surface area contributed by atoms with Crippen molar-refractivity contribution in [3.8, 4) is 5.75 Å². The van der Waals surface area contributed by atoms with Crippen molar-refractivity contribution in [3.05, 3.63) is 28.4 Å². The van der Waals surface area contributed by atoms with Crippen LogP contribution in [0.5, 0.6) is 5.75 Å². The summed E-state index contributed by atoms with van der Waals surface area (Å²) in [6.07, 6.45) is 5.08. The monoisotopic (exact) mass is 208 g/mol. The summed E-state index contributed by atoms with van der Waals surface area (Å²) in [6.45, 7) is 0.671. The van der Waals surface area contributed by atoms with Crippen LogP contribution in [-0.4, -0.2) is 16.5 Å². The molecule has 0 spiro atoms. The van der Waals surface area contributed by atoms with Crippen molar-refractivity contribution in [2.45, 2.75) is 19.3 Å². The molecule has 0 N–H and O–H groups in total. The largest absolute Gasteiger partial charge is 0.490 e. The number of nitrogens with zero attached hydrogens (tertiary/aromatic N) is 2. The van der Waals surface area contributed by atoms with Gasteiger partial charge in [-0.25, -0.2) is 0 Å². The molecule has 1 heterocycles. The van der Waals surface area contributed by atoms with Crippen molar-refractivity contribution in [3.63, 3.8) is 0 Å². The quantitative estimate of drug-likeness (QED) is 0.549. The molecule has 0 amide bonds. The van der Waals surface area contributed by atoms with E-state index >= 15 is 0 Å². The zero-order chi connectivity index (χ0) is 10.7. The summed E-state index contributed by atoms with van der Waals surface area (Å²) >= 11 is 0. The molecular formula is C10H12N2O3. The Morgan fingerprint density at radius 1 is 1.53 bits per heavy atom. The second-order valence-electron chi connectivity index (χ2n) is 3.69.